The summed E-state index contributed by atoms with van der Waals surface area (Å²) in [5, 5.41) is 3.57. The zero-order valence-corrected chi connectivity index (χ0v) is 19.1. The number of hydrogen-bond acceptors (Lipinski definition) is 2. The van der Waals surface area contributed by atoms with Crippen LogP contribution in [-0.2, 0) is 29.0 Å². The molecule has 0 aliphatic rings. The Labute approximate surface area is 195 Å². The lowest BCUT2D eigenvalue weighted by atomic mass is 10.0. The van der Waals surface area contributed by atoms with Gasteiger partial charge in [0.05, 0.1) is 6.42 Å². The van der Waals surface area contributed by atoms with Crippen LogP contribution in [0, 0.1) is 0 Å². The van der Waals surface area contributed by atoms with Gasteiger partial charge in [0.1, 0.15) is 6.04 Å². The summed E-state index contributed by atoms with van der Waals surface area (Å²) in [4.78, 5) is 28.5. The Morgan fingerprint density at radius 2 is 1.47 bits per heavy atom. The van der Waals surface area contributed by atoms with Crippen LogP contribution in [0.2, 0.25) is 5.02 Å². The average molecular weight is 449 g/mol. The monoisotopic (exact) mass is 448 g/mol. The SMILES string of the molecule is CCCNC(=O)[C@@H](Cc1ccccc1)N(Cc1ccccc1Cl)C(=O)Cc1ccccc1. The third kappa shape index (κ3) is 6.69. The Balaban J connectivity index is 1.95. The summed E-state index contributed by atoms with van der Waals surface area (Å²) in [5.41, 5.74) is 2.73. The quantitative estimate of drug-likeness (QED) is 0.472. The molecule has 0 aromatic heterocycles. The highest BCUT2D eigenvalue weighted by Crippen LogP contribution is 2.21. The van der Waals surface area contributed by atoms with Crippen LogP contribution >= 0.6 is 11.6 Å². The summed E-state index contributed by atoms with van der Waals surface area (Å²) in [5.74, 6) is -0.257. The molecule has 1 N–H and O–H groups in total. The molecule has 0 saturated heterocycles. The van der Waals surface area contributed by atoms with Gasteiger partial charge in [0.15, 0.2) is 0 Å². The normalized spacial score (nSPS) is 11.6. The number of carbonyl (C=O) groups is 2. The van der Waals surface area contributed by atoms with E-state index in [0.717, 1.165) is 23.1 Å². The van der Waals surface area contributed by atoms with E-state index < -0.39 is 6.04 Å². The van der Waals surface area contributed by atoms with Gasteiger partial charge in [-0.1, -0.05) is 97.4 Å². The van der Waals surface area contributed by atoms with Crippen molar-refractivity contribution in [3.8, 4) is 0 Å². The van der Waals surface area contributed by atoms with Crippen molar-refractivity contribution in [3.05, 3.63) is 107 Å². The number of nitrogens with zero attached hydrogens (tertiary/aromatic N) is 1. The first-order valence-corrected chi connectivity index (χ1v) is 11.3. The van der Waals surface area contributed by atoms with E-state index in [2.05, 4.69) is 5.32 Å². The van der Waals surface area contributed by atoms with Gasteiger partial charge in [-0.25, -0.2) is 0 Å². The minimum absolute atomic E-state index is 0.108. The summed E-state index contributed by atoms with van der Waals surface area (Å²) in [6.07, 6.45) is 1.48. The summed E-state index contributed by atoms with van der Waals surface area (Å²) in [6, 6.07) is 26.2. The third-order valence-corrected chi connectivity index (χ3v) is 5.69. The van der Waals surface area contributed by atoms with Crippen LogP contribution in [0.1, 0.15) is 30.0 Å². The predicted octanol–water partition coefficient (Wildman–Crippen LogP) is 5.05. The smallest absolute Gasteiger partial charge is 0.243 e. The number of hydrogen-bond donors (Lipinski definition) is 1. The number of halogens is 1. The van der Waals surface area contributed by atoms with E-state index in [-0.39, 0.29) is 24.8 Å². The zero-order valence-electron chi connectivity index (χ0n) is 18.3. The molecule has 166 valence electrons. The molecule has 5 heteroatoms. The van der Waals surface area contributed by atoms with E-state index in [4.69, 9.17) is 11.6 Å². The van der Waals surface area contributed by atoms with Gasteiger partial charge >= 0.3 is 0 Å². The molecule has 0 fully saturated rings. The molecule has 0 unspecified atom stereocenters. The number of benzene rings is 3. The lowest BCUT2D eigenvalue weighted by Crippen LogP contribution is -2.51. The minimum atomic E-state index is -0.642. The molecule has 3 rings (SSSR count). The van der Waals surface area contributed by atoms with Crippen LogP contribution in [0.5, 0.6) is 0 Å². The molecule has 32 heavy (non-hydrogen) atoms. The van der Waals surface area contributed by atoms with Crippen LogP contribution in [0.4, 0.5) is 0 Å². The maximum absolute atomic E-state index is 13.5. The van der Waals surface area contributed by atoms with E-state index in [1.165, 1.54) is 0 Å². The summed E-state index contributed by atoms with van der Waals surface area (Å²) in [6.45, 7) is 2.84. The predicted molar refractivity (Wildman–Crippen MR) is 129 cm³/mol. The second-order valence-corrected chi connectivity index (χ2v) is 8.18. The largest absolute Gasteiger partial charge is 0.354 e. The van der Waals surface area contributed by atoms with Crippen molar-refractivity contribution in [2.24, 2.45) is 0 Å². The number of nitrogens with one attached hydrogen (secondary N) is 1. The molecule has 0 spiro atoms. The minimum Gasteiger partial charge on any atom is -0.354 e. The molecule has 0 bridgehead atoms. The van der Waals surface area contributed by atoms with Gasteiger partial charge in [-0.3, -0.25) is 9.59 Å². The van der Waals surface area contributed by atoms with Crippen molar-refractivity contribution in [2.75, 3.05) is 6.54 Å². The second kappa shape index (κ2) is 12.1. The molecule has 0 aliphatic heterocycles. The lowest BCUT2D eigenvalue weighted by Gasteiger charge is -2.32. The van der Waals surface area contributed by atoms with Crippen molar-refractivity contribution in [1.29, 1.82) is 0 Å². The Morgan fingerprint density at radius 3 is 2.09 bits per heavy atom. The number of carbonyl (C=O) groups excluding carboxylic acids is 2. The first-order chi connectivity index (χ1) is 15.6. The second-order valence-electron chi connectivity index (χ2n) is 7.77. The van der Waals surface area contributed by atoms with Crippen molar-refractivity contribution in [2.45, 2.75) is 38.8 Å². The van der Waals surface area contributed by atoms with Crippen molar-refractivity contribution < 1.29 is 9.59 Å². The molecule has 0 radical (unpaired) electrons. The van der Waals surface area contributed by atoms with E-state index in [9.17, 15) is 9.59 Å². The summed E-state index contributed by atoms with van der Waals surface area (Å²) < 4.78 is 0. The fourth-order valence-corrected chi connectivity index (χ4v) is 3.80. The standard InChI is InChI=1S/C27H29ClN2O2/c1-2-17-29-27(32)25(18-21-11-5-3-6-12-21)30(20-23-15-9-10-16-24(23)28)26(31)19-22-13-7-4-8-14-22/h3-16,25H,2,17-20H2,1H3,(H,29,32)/t25-/m1/s1. The molecule has 2 amide bonds. The van der Waals surface area contributed by atoms with Crippen LogP contribution in [0.3, 0.4) is 0 Å². The molecule has 0 aliphatic carbocycles. The first kappa shape index (κ1) is 23.6. The molecule has 4 nitrogen and oxygen atoms in total. The van der Waals surface area contributed by atoms with Gasteiger partial charge in [-0.05, 0) is 29.2 Å². The fraction of sp³-hybridized carbons (Fsp3) is 0.259. The maximum Gasteiger partial charge on any atom is 0.243 e. The highest BCUT2D eigenvalue weighted by atomic mass is 35.5. The topological polar surface area (TPSA) is 49.4 Å². The van der Waals surface area contributed by atoms with Gasteiger partial charge in [0.25, 0.3) is 0 Å². The summed E-state index contributed by atoms with van der Waals surface area (Å²) >= 11 is 6.42. The Kier molecular flexibility index (Phi) is 8.88. The molecule has 0 heterocycles. The Hall–Kier alpha value is -3.11. The highest BCUT2D eigenvalue weighted by Gasteiger charge is 2.30. The molecule has 3 aromatic carbocycles. The fourth-order valence-electron chi connectivity index (χ4n) is 3.60. The van der Waals surface area contributed by atoms with Gasteiger partial charge in [-0.15, -0.1) is 0 Å². The molecular formula is C27H29ClN2O2. The van der Waals surface area contributed by atoms with Crippen LogP contribution in [0.15, 0.2) is 84.9 Å². The zero-order chi connectivity index (χ0) is 22.8. The van der Waals surface area contributed by atoms with Gasteiger partial charge in [-0.2, -0.15) is 0 Å². The van der Waals surface area contributed by atoms with Crippen LogP contribution in [0.25, 0.3) is 0 Å². The van der Waals surface area contributed by atoms with Crippen LogP contribution < -0.4 is 5.32 Å². The van der Waals surface area contributed by atoms with E-state index >= 15 is 0 Å². The Bertz CT molecular complexity index is 1010. The van der Waals surface area contributed by atoms with Crippen molar-refractivity contribution in [3.63, 3.8) is 0 Å². The van der Waals surface area contributed by atoms with E-state index in [1.54, 1.807) is 11.0 Å². The van der Waals surface area contributed by atoms with Crippen LogP contribution in [-0.4, -0.2) is 29.3 Å². The highest BCUT2D eigenvalue weighted by molar-refractivity contribution is 6.31. The van der Waals surface area contributed by atoms with Gasteiger partial charge in [0.2, 0.25) is 11.8 Å². The number of amides is 2. The van der Waals surface area contributed by atoms with E-state index in [1.807, 2.05) is 85.8 Å². The third-order valence-electron chi connectivity index (χ3n) is 5.32. The maximum atomic E-state index is 13.5. The lowest BCUT2D eigenvalue weighted by molar-refractivity contribution is -0.140. The molecule has 1 atom stereocenters. The summed E-state index contributed by atoms with van der Waals surface area (Å²) in [7, 11) is 0. The average Bonchev–Trinajstić information content (AvgIpc) is 2.82. The number of rotatable bonds is 10. The molecule has 3 aromatic rings. The molecule has 0 saturated carbocycles. The van der Waals surface area contributed by atoms with E-state index in [0.29, 0.717) is 18.0 Å². The van der Waals surface area contributed by atoms with Gasteiger partial charge < -0.3 is 10.2 Å². The van der Waals surface area contributed by atoms with Crippen molar-refractivity contribution >= 4 is 23.4 Å². The van der Waals surface area contributed by atoms with Crippen molar-refractivity contribution in [1.82, 2.24) is 10.2 Å². The Morgan fingerprint density at radius 1 is 0.875 bits per heavy atom. The molecular weight excluding hydrogens is 420 g/mol. The first-order valence-electron chi connectivity index (χ1n) is 11.0. The van der Waals surface area contributed by atoms with Gasteiger partial charge in [0, 0.05) is 24.5 Å².